The van der Waals surface area contributed by atoms with Crippen molar-refractivity contribution in [3.05, 3.63) is 30.4 Å². The molecule has 1 rings (SSSR count). The lowest BCUT2D eigenvalue weighted by Gasteiger charge is -2.10. The standard InChI is InChI=1S/C14H21N3O/c1-5-6-12-15-9-11(10-16-12)17-13(18)7-8-14(2,3)4/h7-10H,5-6H2,1-4H3,(H,17,18)/b8-7+. The summed E-state index contributed by atoms with van der Waals surface area (Å²) in [5.41, 5.74) is 0.622. The molecule has 4 nitrogen and oxygen atoms in total. The molecule has 1 aromatic heterocycles. The Balaban J connectivity index is 2.57. The van der Waals surface area contributed by atoms with E-state index in [1.807, 2.05) is 26.8 Å². The SMILES string of the molecule is CCCc1ncc(NC(=O)/C=C/C(C)(C)C)cn1. The maximum Gasteiger partial charge on any atom is 0.248 e. The average Bonchev–Trinajstić information content (AvgIpc) is 2.29. The van der Waals surface area contributed by atoms with Gasteiger partial charge in [-0.05, 0) is 17.9 Å². The first-order valence-electron chi connectivity index (χ1n) is 6.22. The Labute approximate surface area is 109 Å². The summed E-state index contributed by atoms with van der Waals surface area (Å²) in [4.78, 5) is 20.0. The zero-order chi connectivity index (χ0) is 13.6. The number of hydrogen-bond donors (Lipinski definition) is 1. The fourth-order valence-electron chi connectivity index (χ4n) is 1.28. The minimum absolute atomic E-state index is 0.00117. The van der Waals surface area contributed by atoms with Crippen LogP contribution in [0.5, 0.6) is 0 Å². The molecule has 0 bridgehead atoms. The molecule has 0 spiro atoms. The molecular formula is C14H21N3O. The zero-order valence-corrected chi connectivity index (χ0v) is 11.5. The minimum Gasteiger partial charge on any atom is -0.320 e. The summed E-state index contributed by atoms with van der Waals surface area (Å²) >= 11 is 0. The molecule has 18 heavy (non-hydrogen) atoms. The van der Waals surface area contributed by atoms with Crippen LogP contribution in [0.3, 0.4) is 0 Å². The fraction of sp³-hybridized carbons (Fsp3) is 0.500. The van der Waals surface area contributed by atoms with Gasteiger partial charge in [-0.1, -0.05) is 33.8 Å². The predicted molar refractivity (Wildman–Crippen MR) is 73.3 cm³/mol. The Morgan fingerprint density at radius 1 is 1.33 bits per heavy atom. The lowest BCUT2D eigenvalue weighted by Crippen LogP contribution is -2.10. The van der Waals surface area contributed by atoms with E-state index in [4.69, 9.17) is 0 Å². The van der Waals surface area contributed by atoms with Crippen molar-refractivity contribution in [3.8, 4) is 0 Å². The average molecular weight is 247 g/mol. The van der Waals surface area contributed by atoms with E-state index in [-0.39, 0.29) is 11.3 Å². The van der Waals surface area contributed by atoms with Crippen molar-refractivity contribution < 1.29 is 4.79 Å². The highest BCUT2D eigenvalue weighted by Gasteiger charge is 2.06. The topological polar surface area (TPSA) is 54.9 Å². The molecule has 1 N–H and O–H groups in total. The van der Waals surface area contributed by atoms with Crippen LogP contribution < -0.4 is 5.32 Å². The largest absolute Gasteiger partial charge is 0.320 e. The number of anilines is 1. The van der Waals surface area contributed by atoms with Gasteiger partial charge in [-0.2, -0.15) is 0 Å². The van der Waals surface area contributed by atoms with E-state index >= 15 is 0 Å². The molecule has 0 atom stereocenters. The number of rotatable bonds is 4. The third-order valence-corrected chi connectivity index (χ3v) is 2.18. The second kappa shape index (κ2) is 6.28. The van der Waals surface area contributed by atoms with Crippen LogP contribution in [-0.2, 0) is 11.2 Å². The number of carbonyl (C=O) groups is 1. The third kappa shape index (κ3) is 5.57. The van der Waals surface area contributed by atoms with Crippen molar-refractivity contribution in [2.24, 2.45) is 5.41 Å². The number of aryl methyl sites for hydroxylation is 1. The molecular weight excluding hydrogens is 226 g/mol. The van der Waals surface area contributed by atoms with Crippen LogP contribution in [0.15, 0.2) is 24.5 Å². The summed E-state index contributed by atoms with van der Waals surface area (Å²) < 4.78 is 0. The van der Waals surface area contributed by atoms with Gasteiger partial charge in [0, 0.05) is 6.42 Å². The summed E-state index contributed by atoms with van der Waals surface area (Å²) in [6.07, 6.45) is 8.56. The molecule has 1 amide bonds. The van der Waals surface area contributed by atoms with Crippen LogP contribution in [0.25, 0.3) is 0 Å². The van der Waals surface area contributed by atoms with E-state index in [1.54, 1.807) is 18.5 Å². The Kier molecular flexibility index (Phi) is 5.01. The van der Waals surface area contributed by atoms with Crippen molar-refractivity contribution >= 4 is 11.6 Å². The van der Waals surface area contributed by atoms with Crippen LogP contribution >= 0.6 is 0 Å². The zero-order valence-electron chi connectivity index (χ0n) is 11.5. The molecule has 0 saturated heterocycles. The van der Waals surface area contributed by atoms with E-state index in [0.717, 1.165) is 18.7 Å². The van der Waals surface area contributed by atoms with Crippen LogP contribution in [0.1, 0.15) is 39.9 Å². The van der Waals surface area contributed by atoms with Crippen LogP contribution in [0.2, 0.25) is 0 Å². The lowest BCUT2D eigenvalue weighted by atomic mass is 9.96. The lowest BCUT2D eigenvalue weighted by molar-refractivity contribution is -0.112. The molecule has 0 unspecified atom stereocenters. The molecule has 4 heteroatoms. The van der Waals surface area contributed by atoms with Crippen LogP contribution in [0.4, 0.5) is 5.69 Å². The number of carbonyl (C=O) groups excluding carboxylic acids is 1. The molecule has 0 aliphatic rings. The van der Waals surface area contributed by atoms with Crippen molar-refractivity contribution in [1.29, 1.82) is 0 Å². The van der Waals surface area contributed by atoms with Gasteiger partial charge in [0.15, 0.2) is 0 Å². The van der Waals surface area contributed by atoms with Crippen LogP contribution in [0, 0.1) is 5.41 Å². The van der Waals surface area contributed by atoms with E-state index in [2.05, 4.69) is 22.2 Å². The van der Waals surface area contributed by atoms with E-state index < -0.39 is 0 Å². The van der Waals surface area contributed by atoms with Crippen molar-refractivity contribution in [2.75, 3.05) is 5.32 Å². The Morgan fingerprint density at radius 2 is 1.94 bits per heavy atom. The van der Waals surface area contributed by atoms with E-state index in [0.29, 0.717) is 5.69 Å². The maximum absolute atomic E-state index is 11.6. The second-order valence-corrected chi connectivity index (χ2v) is 5.33. The van der Waals surface area contributed by atoms with Gasteiger partial charge >= 0.3 is 0 Å². The molecule has 1 aromatic rings. The normalized spacial score (nSPS) is 11.8. The third-order valence-electron chi connectivity index (χ3n) is 2.18. The van der Waals surface area contributed by atoms with Crippen molar-refractivity contribution in [1.82, 2.24) is 9.97 Å². The smallest absolute Gasteiger partial charge is 0.248 e. The first-order chi connectivity index (χ1) is 8.40. The quantitative estimate of drug-likeness (QED) is 0.832. The first kappa shape index (κ1) is 14.4. The number of amides is 1. The first-order valence-corrected chi connectivity index (χ1v) is 6.22. The summed E-state index contributed by atoms with van der Waals surface area (Å²) in [5.74, 6) is 0.650. The molecule has 0 aromatic carbocycles. The van der Waals surface area contributed by atoms with Crippen LogP contribution in [-0.4, -0.2) is 15.9 Å². The summed E-state index contributed by atoms with van der Waals surface area (Å²) in [7, 11) is 0. The highest BCUT2D eigenvalue weighted by molar-refractivity contribution is 5.99. The van der Waals surface area contributed by atoms with Gasteiger partial charge < -0.3 is 5.32 Å². The molecule has 98 valence electrons. The van der Waals surface area contributed by atoms with Crippen molar-refractivity contribution in [3.63, 3.8) is 0 Å². The van der Waals surface area contributed by atoms with E-state index in [1.165, 1.54) is 0 Å². The summed E-state index contributed by atoms with van der Waals surface area (Å²) in [6.45, 7) is 8.20. The van der Waals surface area contributed by atoms with Gasteiger partial charge in [-0.15, -0.1) is 0 Å². The highest BCUT2D eigenvalue weighted by Crippen LogP contribution is 2.14. The van der Waals surface area contributed by atoms with E-state index in [9.17, 15) is 4.79 Å². The molecule has 0 aliphatic heterocycles. The predicted octanol–water partition coefficient (Wildman–Crippen LogP) is 2.97. The minimum atomic E-state index is -0.156. The second-order valence-electron chi connectivity index (χ2n) is 5.33. The Hall–Kier alpha value is -1.71. The molecule has 0 fully saturated rings. The van der Waals surface area contributed by atoms with Gasteiger partial charge in [0.1, 0.15) is 5.82 Å². The molecule has 0 radical (unpaired) electrons. The summed E-state index contributed by atoms with van der Waals surface area (Å²) in [6, 6.07) is 0. The molecule has 1 heterocycles. The molecule has 0 aliphatic carbocycles. The number of hydrogen-bond acceptors (Lipinski definition) is 3. The molecule has 0 saturated carbocycles. The van der Waals surface area contributed by atoms with Gasteiger partial charge in [-0.3, -0.25) is 4.79 Å². The van der Waals surface area contributed by atoms with Gasteiger partial charge in [0.2, 0.25) is 5.91 Å². The number of allylic oxidation sites excluding steroid dienone is 1. The van der Waals surface area contributed by atoms with Gasteiger partial charge in [0.25, 0.3) is 0 Å². The highest BCUT2D eigenvalue weighted by atomic mass is 16.1. The number of nitrogens with zero attached hydrogens (tertiary/aromatic N) is 2. The number of nitrogens with one attached hydrogen (secondary N) is 1. The maximum atomic E-state index is 11.6. The summed E-state index contributed by atoms with van der Waals surface area (Å²) in [5, 5.41) is 2.73. The Bertz CT molecular complexity index is 416. The van der Waals surface area contributed by atoms with Crippen molar-refractivity contribution in [2.45, 2.75) is 40.5 Å². The fourth-order valence-corrected chi connectivity index (χ4v) is 1.28. The monoisotopic (exact) mass is 247 g/mol. The van der Waals surface area contributed by atoms with Gasteiger partial charge in [0.05, 0.1) is 18.1 Å². The number of aromatic nitrogens is 2. The van der Waals surface area contributed by atoms with Gasteiger partial charge in [-0.25, -0.2) is 9.97 Å². The Morgan fingerprint density at radius 3 is 2.44 bits per heavy atom.